The molecular formula is C21H26N5OS+. The quantitative estimate of drug-likeness (QED) is 0.682. The van der Waals surface area contributed by atoms with E-state index in [1.165, 1.54) is 14.6 Å². The van der Waals surface area contributed by atoms with Gasteiger partial charge in [0, 0.05) is 24.4 Å². The van der Waals surface area contributed by atoms with E-state index in [0.717, 1.165) is 55.2 Å². The van der Waals surface area contributed by atoms with E-state index < -0.39 is 0 Å². The van der Waals surface area contributed by atoms with Crippen molar-refractivity contribution in [3.8, 4) is 0 Å². The van der Waals surface area contributed by atoms with Crippen molar-refractivity contribution in [2.75, 3.05) is 26.2 Å². The molecule has 146 valence electrons. The highest BCUT2D eigenvalue weighted by Crippen LogP contribution is 2.20. The summed E-state index contributed by atoms with van der Waals surface area (Å²) in [6.07, 6.45) is 3.59. The van der Waals surface area contributed by atoms with E-state index in [1.807, 2.05) is 42.6 Å². The van der Waals surface area contributed by atoms with Gasteiger partial charge in [-0.25, -0.2) is 4.98 Å². The molecule has 1 fully saturated rings. The maximum absolute atomic E-state index is 12.6. The SMILES string of the molecule is Cc1nn(C)c(C)c1/C=C/C(=O)N1CC[NH+](Cc2nc3ccccc3s2)CC1. The molecule has 0 radical (unpaired) electrons. The standard InChI is InChI=1S/C21H25N5OS/c1-15-17(16(2)24(3)23-15)8-9-21(27)26-12-10-25(11-13-26)14-20-22-18-6-4-5-7-19(18)28-20/h4-9H,10-14H2,1-3H3/p+1/b9-8+. The fourth-order valence-corrected chi connectivity index (χ4v) is 4.76. The van der Waals surface area contributed by atoms with Crippen molar-refractivity contribution in [1.29, 1.82) is 0 Å². The van der Waals surface area contributed by atoms with Gasteiger partial charge in [-0.1, -0.05) is 12.1 Å². The van der Waals surface area contributed by atoms with E-state index in [0.29, 0.717) is 0 Å². The van der Waals surface area contributed by atoms with Crippen molar-refractivity contribution in [2.45, 2.75) is 20.4 Å². The molecule has 2 aromatic heterocycles. The van der Waals surface area contributed by atoms with Gasteiger partial charge in [0.25, 0.3) is 0 Å². The van der Waals surface area contributed by atoms with Crippen LogP contribution in [0.4, 0.5) is 0 Å². The van der Waals surface area contributed by atoms with Crippen molar-refractivity contribution >= 4 is 33.5 Å². The van der Waals surface area contributed by atoms with Crippen LogP contribution >= 0.6 is 11.3 Å². The van der Waals surface area contributed by atoms with Crippen molar-refractivity contribution < 1.29 is 9.69 Å². The first kappa shape index (κ1) is 18.8. The number of quaternary nitrogens is 1. The first-order valence-electron chi connectivity index (χ1n) is 9.66. The van der Waals surface area contributed by atoms with Crippen LogP contribution in [-0.4, -0.2) is 51.8 Å². The molecule has 0 aliphatic carbocycles. The minimum absolute atomic E-state index is 0.0849. The highest BCUT2D eigenvalue weighted by Gasteiger charge is 2.23. The Morgan fingerprint density at radius 1 is 1.25 bits per heavy atom. The van der Waals surface area contributed by atoms with E-state index in [1.54, 1.807) is 17.4 Å². The van der Waals surface area contributed by atoms with Gasteiger partial charge in [-0.15, -0.1) is 11.3 Å². The van der Waals surface area contributed by atoms with Gasteiger partial charge < -0.3 is 9.80 Å². The normalized spacial score (nSPS) is 15.8. The fraction of sp³-hybridized carbons (Fsp3) is 0.381. The third-order valence-electron chi connectivity index (χ3n) is 5.48. The Bertz CT molecular complexity index is 994. The molecule has 28 heavy (non-hydrogen) atoms. The molecular weight excluding hydrogens is 370 g/mol. The highest BCUT2D eigenvalue weighted by atomic mass is 32.1. The van der Waals surface area contributed by atoms with Crippen molar-refractivity contribution in [3.05, 3.63) is 52.3 Å². The second-order valence-corrected chi connectivity index (χ2v) is 8.48. The number of amides is 1. The molecule has 1 amide bonds. The minimum atomic E-state index is 0.0849. The van der Waals surface area contributed by atoms with Crippen molar-refractivity contribution in [2.24, 2.45) is 7.05 Å². The zero-order chi connectivity index (χ0) is 19.7. The molecule has 0 saturated carbocycles. The van der Waals surface area contributed by atoms with Crippen LogP contribution in [0.5, 0.6) is 0 Å². The fourth-order valence-electron chi connectivity index (χ4n) is 3.72. The molecule has 1 N–H and O–H groups in total. The smallest absolute Gasteiger partial charge is 0.246 e. The first-order chi connectivity index (χ1) is 13.5. The number of nitrogens with zero attached hydrogens (tertiary/aromatic N) is 4. The van der Waals surface area contributed by atoms with E-state index in [4.69, 9.17) is 4.98 Å². The summed E-state index contributed by atoms with van der Waals surface area (Å²) in [6, 6.07) is 8.29. The molecule has 1 aromatic carbocycles. The van der Waals surface area contributed by atoms with Crippen LogP contribution in [0.25, 0.3) is 16.3 Å². The van der Waals surface area contributed by atoms with Crippen LogP contribution < -0.4 is 4.90 Å². The Morgan fingerprint density at radius 2 is 2.00 bits per heavy atom. The highest BCUT2D eigenvalue weighted by molar-refractivity contribution is 7.18. The van der Waals surface area contributed by atoms with Crippen LogP contribution in [-0.2, 0) is 18.4 Å². The molecule has 4 rings (SSSR count). The van der Waals surface area contributed by atoms with Crippen LogP contribution in [0, 0.1) is 13.8 Å². The second-order valence-electron chi connectivity index (χ2n) is 7.37. The molecule has 6 nitrogen and oxygen atoms in total. The number of fused-ring (bicyclic) bond motifs is 1. The number of piperazine rings is 1. The molecule has 0 unspecified atom stereocenters. The molecule has 3 heterocycles. The summed E-state index contributed by atoms with van der Waals surface area (Å²) in [7, 11) is 1.93. The summed E-state index contributed by atoms with van der Waals surface area (Å²) < 4.78 is 3.10. The van der Waals surface area contributed by atoms with Crippen LogP contribution in [0.3, 0.4) is 0 Å². The topological polar surface area (TPSA) is 55.5 Å². The van der Waals surface area contributed by atoms with Gasteiger partial charge in [0.2, 0.25) is 5.91 Å². The summed E-state index contributed by atoms with van der Waals surface area (Å²) in [5.74, 6) is 0.0849. The van der Waals surface area contributed by atoms with Gasteiger partial charge in [0.1, 0.15) is 11.6 Å². The second kappa shape index (κ2) is 7.85. The average molecular weight is 397 g/mol. The third kappa shape index (κ3) is 3.86. The molecule has 1 aliphatic rings. The summed E-state index contributed by atoms with van der Waals surface area (Å²) in [6.45, 7) is 8.42. The van der Waals surface area contributed by atoms with Crippen molar-refractivity contribution in [3.63, 3.8) is 0 Å². The number of hydrogen-bond acceptors (Lipinski definition) is 4. The number of aryl methyl sites for hydroxylation is 2. The molecule has 0 atom stereocenters. The van der Waals surface area contributed by atoms with Gasteiger partial charge in [-0.2, -0.15) is 5.10 Å². The van der Waals surface area contributed by atoms with E-state index in [9.17, 15) is 4.79 Å². The Kier molecular flexibility index (Phi) is 5.28. The van der Waals surface area contributed by atoms with Gasteiger partial charge in [-0.3, -0.25) is 9.48 Å². The number of carbonyl (C=O) groups excluding carboxylic acids is 1. The predicted octanol–water partition coefficient (Wildman–Crippen LogP) is 1.59. The molecule has 0 spiro atoms. The summed E-state index contributed by atoms with van der Waals surface area (Å²) in [5.41, 5.74) is 4.15. The van der Waals surface area contributed by atoms with Crippen LogP contribution in [0.2, 0.25) is 0 Å². The lowest BCUT2D eigenvalue weighted by Gasteiger charge is -2.31. The van der Waals surface area contributed by atoms with E-state index in [-0.39, 0.29) is 5.91 Å². The number of aromatic nitrogens is 3. The number of carbonyl (C=O) groups is 1. The Balaban J connectivity index is 1.33. The largest absolute Gasteiger partial charge is 0.328 e. The molecule has 0 bridgehead atoms. The summed E-state index contributed by atoms with van der Waals surface area (Å²) in [5, 5.41) is 5.58. The number of nitrogens with one attached hydrogen (secondary N) is 1. The van der Waals surface area contributed by atoms with Gasteiger partial charge in [0.15, 0.2) is 0 Å². The monoisotopic (exact) mass is 396 g/mol. The molecule has 3 aromatic rings. The molecule has 7 heteroatoms. The summed E-state index contributed by atoms with van der Waals surface area (Å²) >= 11 is 1.78. The minimum Gasteiger partial charge on any atom is -0.328 e. The van der Waals surface area contributed by atoms with Gasteiger partial charge in [-0.05, 0) is 32.1 Å². The first-order valence-corrected chi connectivity index (χ1v) is 10.5. The predicted molar refractivity (Wildman–Crippen MR) is 112 cm³/mol. The number of rotatable bonds is 4. The number of para-hydroxylation sites is 1. The summed E-state index contributed by atoms with van der Waals surface area (Å²) in [4.78, 5) is 20.8. The number of thiazole rings is 1. The van der Waals surface area contributed by atoms with E-state index >= 15 is 0 Å². The third-order valence-corrected chi connectivity index (χ3v) is 6.52. The van der Waals surface area contributed by atoms with Crippen molar-refractivity contribution in [1.82, 2.24) is 19.7 Å². The number of benzene rings is 1. The lowest BCUT2D eigenvalue weighted by Crippen LogP contribution is -3.13. The Labute approximate surface area is 169 Å². The zero-order valence-corrected chi connectivity index (χ0v) is 17.4. The van der Waals surface area contributed by atoms with E-state index in [2.05, 4.69) is 23.3 Å². The van der Waals surface area contributed by atoms with Gasteiger partial charge >= 0.3 is 0 Å². The molecule has 1 aliphatic heterocycles. The lowest BCUT2D eigenvalue weighted by molar-refractivity contribution is -0.917. The van der Waals surface area contributed by atoms with Crippen LogP contribution in [0.1, 0.15) is 22.0 Å². The Morgan fingerprint density at radius 3 is 2.68 bits per heavy atom. The van der Waals surface area contributed by atoms with Gasteiger partial charge in [0.05, 0.1) is 42.1 Å². The maximum atomic E-state index is 12.6. The lowest BCUT2D eigenvalue weighted by atomic mass is 10.2. The van der Waals surface area contributed by atoms with Crippen LogP contribution in [0.15, 0.2) is 30.3 Å². The zero-order valence-electron chi connectivity index (χ0n) is 16.6. The maximum Gasteiger partial charge on any atom is 0.246 e. The average Bonchev–Trinajstić information content (AvgIpc) is 3.20. The number of hydrogen-bond donors (Lipinski definition) is 1. The Hall–Kier alpha value is -2.51. The molecule has 1 saturated heterocycles.